The van der Waals surface area contributed by atoms with E-state index in [1.807, 2.05) is 0 Å². The largest absolute Gasteiger partial charge is 0.274 e. The van der Waals surface area contributed by atoms with E-state index in [4.69, 9.17) is 13.5 Å². The molecule has 9 aliphatic heterocycles. The summed E-state index contributed by atoms with van der Waals surface area (Å²) in [5, 5.41) is 0. The molecular weight excluding hydrogens is 724 g/mol. The second kappa shape index (κ2) is 17.3. The molecule has 0 radical (unpaired) electrons. The average molecular weight is 797 g/mol. The molecule has 0 aromatic rings. The first-order chi connectivity index (χ1) is 25.7. The fraction of sp³-hybridized carbons (Fsp3) is 1.00. The summed E-state index contributed by atoms with van der Waals surface area (Å²) in [5.74, 6) is 0. The maximum atomic E-state index is 6.67. The molecule has 9 saturated heterocycles. The van der Waals surface area contributed by atoms with Crippen molar-refractivity contribution < 1.29 is 0 Å². The average Bonchev–Trinajstić information content (AvgIpc) is 4.04. The maximum Gasteiger partial charge on any atom is 0.274 e. The Labute approximate surface area is 318 Å². The van der Waals surface area contributed by atoms with Crippen LogP contribution in [0.5, 0.6) is 0 Å². The van der Waals surface area contributed by atoms with Crippen LogP contribution in [0.4, 0.5) is 0 Å². The molecule has 9 fully saturated rings. The minimum absolute atomic E-state index is 1.21. The SMILES string of the molecule is C1CCN(P(=NP(N=P(N2CCCC2)(N2CCCC2)N2CCCC2)N=P(N2CCCC2)(N2CCCC2)N2CCCC2)(N2CCCC2)N2CCCC2)C1. The minimum atomic E-state index is -2.17. The van der Waals surface area contributed by atoms with Gasteiger partial charge in [-0.1, -0.05) is 0 Å². The lowest BCUT2D eigenvalue weighted by Crippen LogP contribution is -2.39. The molecule has 12 nitrogen and oxygen atoms in total. The molecule has 0 saturated carbocycles. The molecule has 52 heavy (non-hydrogen) atoms. The summed E-state index contributed by atoms with van der Waals surface area (Å²) in [7, 11) is -7.82. The molecule has 296 valence electrons. The zero-order valence-electron chi connectivity index (χ0n) is 32.6. The minimum Gasteiger partial charge on any atom is -0.246 e. The van der Waals surface area contributed by atoms with E-state index in [9.17, 15) is 0 Å². The fourth-order valence-corrected chi connectivity index (χ4v) is 29.9. The van der Waals surface area contributed by atoms with Crippen molar-refractivity contribution in [1.29, 1.82) is 0 Å². The van der Waals surface area contributed by atoms with Crippen LogP contribution >= 0.6 is 30.9 Å². The van der Waals surface area contributed by atoms with Crippen molar-refractivity contribution in [2.75, 3.05) is 118 Å². The molecule has 16 heteroatoms. The van der Waals surface area contributed by atoms with E-state index in [2.05, 4.69) is 42.0 Å². The maximum absolute atomic E-state index is 6.67. The Hall–Kier alpha value is 0.760. The van der Waals surface area contributed by atoms with E-state index >= 15 is 0 Å². The van der Waals surface area contributed by atoms with Crippen LogP contribution in [0.15, 0.2) is 13.5 Å². The summed E-state index contributed by atoms with van der Waals surface area (Å²) >= 11 is 0. The van der Waals surface area contributed by atoms with Crippen LogP contribution < -0.4 is 0 Å². The highest BCUT2D eigenvalue weighted by Gasteiger charge is 2.50. The van der Waals surface area contributed by atoms with Gasteiger partial charge in [-0.15, -0.1) is 0 Å². The van der Waals surface area contributed by atoms with Crippen LogP contribution in [0.3, 0.4) is 0 Å². The second-order valence-electron chi connectivity index (χ2n) is 17.1. The van der Waals surface area contributed by atoms with Crippen molar-refractivity contribution in [2.24, 2.45) is 13.5 Å². The highest BCUT2D eigenvalue weighted by atomic mass is 31.2. The van der Waals surface area contributed by atoms with Gasteiger partial charge in [-0.2, -0.15) is 13.5 Å². The molecule has 0 spiro atoms. The molecule has 9 heterocycles. The first-order valence-corrected chi connectivity index (χ1v) is 28.2. The summed E-state index contributed by atoms with van der Waals surface area (Å²) in [5.41, 5.74) is 0. The summed E-state index contributed by atoms with van der Waals surface area (Å²) in [6, 6.07) is 0. The molecule has 9 rings (SSSR count). The number of hydrogen-bond acceptors (Lipinski definition) is 3. The first kappa shape index (κ1) is 38.3. The van der Waals surface area contributed by atoms with Gasteiger partial charge in [-0.05, 0) is 116 Å². The van der Waals surface area contributed by atoms with Crippen molar-refractivity contribution in [3.05, 3.63) is 0 Å². The Bertz CT molecular complexity index is 1040. The summed E-state index contributed by atoms with van der Waals surface area (Å²) in [6.07, 6.45) is 23.8. The zero-order valence-corrected chi connectivity index (χ0v) is 36.2. The lowest BCUT2D eigenvalue weighted by Gasteiger charge is -2.49. The van der Waals surface area contributed by atoms with Crippen molar-refractivity contribution in [3.8, 4) is 0 Å². The first-order valence-electron chi connectivity index (χ1n) is 22.2. The molecule has 0 bridgehead atoms. The van der Waals surface area contributed by atoms with Gasteiger partial charge in [-0.25, -0.2) is 42.0 Å². The zero-order chi connectivity index (χ0) is 34.9. The monoisotopic (exact) mass is 796 g/mol. The fourth-order valence-electron chi connectivity index (χ4n) is 11.2. The van der Waals surface area contributed by atoms with E-state index in [0.717, 1.165) is 0 Å². The van der Waals surface area contributed by atoms with Gasteiger partial charge < -0.3 is 0 Å². The van der Waals surface area contributed by atoms with Gasteiger partial charge in [0.2, 0.25) is 0 Å². The van der Waals surface area contributed by atoms with Crippen LogP contribution in [0.1, 0.15) is 116 Å². The van der Waals surface area contributed by atoms with E-state index in [-0.39, 0.29) is 0 Å². The third kappa shape index (κ3) is 7.13. The molecule has 0 N–H and O–H groups in total. The molecular formula is C36H72N12P4. The quantitative estimate of drug-likeness (QED) is 0.180. The second-order valence-corrected chi connectivity index (χ2v) is 28.1. The Balaban J connectivity index is 1.34. The van der Waals surface area contributed by atoms with E-state index in [1.165, 1.54) is 233 Å². The standard InChI is InChI=1S/C36H72N12P4/c1-2-20-40(19-1)50(41-21-3-4-22-41,42-23-5-6-24-42)37-49(38-51(43-25-7-8-26-43,44-27-9-10-28-44)45-29-11-12-30-45)39-52(46-31-13-14-32-46,47-33-15-16-34-47)48-35-17-18-36-48/h1-36H2. The molecule has 0 aromatic heterocycles. The van der Waals surface area contributed by atoms with Gasteiger partial charge in [-0.3, -0.25) is 0 Å². The van der Waals surface area contributed by atoms with Gasteiger partial charge >= 0.3 is 0 Å². The lowest BCUT2D eigenvalue weighted by molar-refractivity contribution is 0.383. The third-order valence-corrected chi connectivity index (χ3v) is 29.0. The van der Waals surface area contributed by atoms with Gasteiger partial charge in [0.05, 0.1) is 0 Å². The van der Waals surface area contributed by atoms with Crippen molar-refractivity contribution in [3.63, 3.8) is 0 Å². The van der Waals surface area contributed by atoms with E-state index in [1.54, 1.807) is 0 Å². The molecule has 9 aliphatic rings. The molecule has 0 unspecified atom stereocenters. The summed E-state index contributed by atoms with van der Waals surface area (Å²) in [6.45, 7) is 21.8. The normalized spacial score (nSPS) is 29.7. The van der Waals surface area contributed by atoms with E-state index in [0.29, 0.717) is 0 Å². The van der Waals surface area contributed by atoms with Crippen LogP contribution in [0, 0.1) is 0 Å². The molecule has 0 aromatic carbocycles. The van der Waals surface area contributed by atoms with E-state index < -0.39 is 30.9 Å². The van der Waals surface area contributed by atoms with Crippen molar-refractivity contribution >= 4 is 30.9 Å². The van der Waals surface area contributed by atoms with Gasteiger partial charge in [0.15, 0.2) is 22.5 Å². The summed E-state index contributed by atoms with van der Waals surface area (Å²) in [4.78, 5) is 0. The number of hydrogen-bond donors (Lipinski definition) is 0. The summed E-state index contributed by atoms with van der Waals surface area (Å²) < 4.78 is 46.7. The van der Waals surface area contributed by atoms with Crippen LogP contribution in [0.25, 0.3) is 0 Å². The number of rotatable bonds is 12. The lowest BCUT2D eigenvalue weighted by atomic mass is 10.4. The Kier molecular flexibility index (Phi) is 12.7. The Morgan fingerprint density at radius 1 is 0.212 bits per heavy atom. The predicted molar refractivity (Wildman–Crippen MR) is 222 cm³/mol. The topological polar surface area (TPSA) is 66.2 Å². The predicted octanol–water partition coefficient (Wildman–Crippen LogP) is 8.91. The molecule has 0 amide bonds. The smallest absolute Gasteiger partial charge is 0.246 e. The highest BCUT2D eigenvalue weighted by Crippen LogP contribution is 2.77. The van der Waals surface area contributed by atoms with Crippen LogP contribution in [-0.2, 0) is 0 Å². The molecule has 0 aliphatic carbocycles. The molecule has 0 atom stereocenters. The van der Waals surface area contributed by atoms with Gasteiger partial charge in [0.1, 0.15) is 0 Å². The Morgan fingerprint density at radius 2 is 0.327 bits per heavy atom. The van der Waals surface area contributed by atoms with Crippen LogP contribution in [0.2, 0.25) is 0 Å². The van der Waals surface area contributed by atoms with Gasteiger partial charge in [0.25, 0.3) is 8.37 Å². The van der Waals surface area contributed by atoms with Gasteiger partial charge in [0, 0.05) is 118 Å². The third-order valence-electron chi connectivity index (χ3n) is 13.8. The van der Waals surface area contributed by atoms with Crippen molar-refractivity contribution in [1.82, 2.24) is 42.0 Å². The Morgan fingerprint density at radius 3 is 0.442 bits per heavy atom. The highest BCUT2D eigenvalue weighted by molar-refractivity contribution is 7.76. The van der Waals surface area contributed by atoms with Crippen molar-refractivity contribution in [2.45, 2.75) is 116 Å². The number of nitrogens with zero attached hydrogens (tertiary/aromatic N) is 12. The van der Waals surface area contributed by atoms with Crippen LogP contribution in [-0.4, -0.2) is 160 Å².